The summed E-state index contributed by atoms with van der Waals surface area (Å²) in [5, 5.41) is 3.40. The zero-order valence-electron chi connectivity index (χ0n) is 11.2. The van der Waals surface area contributed by atoms with Gasteiger partial charge in [-0.2, -0.15) is 0 Å². The lowest BCUT2D eigenvalue weighted by Crippen LogP contribution is -2.53. The van der Waals surface area contributed by atoms with Crippen LogP contribution in [0.5, 0.6) is 0 Å². The van der Waals surface area contributed by atoms with Gasteiger partial charge in [0, 0.05) is 20.3 Å². The summed E-state index contributed by atoms with van der Waals surface area (Å²) in [6.45, 7) is 5.03. The van der Waals surface area contributed by atoms with E-state index in [1.165, 1.54) is 6.42 Å². The Morgan fingerprint density at radius 2 is 1.94 bits per heavy atom. The minimum atomic E-state index is -2.00. The summed E-state index contributed by atoms with van der Waals surface area (Å²) in [4.78, 5) is 0. The van der Waals surface area contributed by atoms with Crippen LogP contribution in [0.3, 0.4) is 0 Å². The van der Waals surface area contributed by atoms with Gasteiger partial charge in [0.1, 0.15) is 0 Å². The van der Waals surface area contributed by atoms with Crippen molar-refractivity contribution >= 4 is 8.72 Å². The van der Waals surface area contributed by atoms with Gasteiger partial charge in [-0.15, -0.1) is 0 Å². The summed E-state index contributed by atoms with van der Waals surface area (Å²) in [6.07, 6.45) is 3.40. The van der Waals surface area contributed by atoms with E-state index in [4.69, 9.17) is 14.6 Å². The molecule has 1 rings (SSSR count). The Morgan fingerprint density at radius 3 is 2.59 bits per heavy atom. The molecule has 102 valence electrons. The van der Waals surface area contributed by atoms with Gasteiger partial charge in [0.25, 0.3) is 0 Å². The molecule has 0 aliphatic carbocycles. The van der Waals surface area contributed by atoms with Gasteiger partial charge in [0.05, 0.1) is 0 Å². The molecule has 0 saturated carbocycles. The second-order valence-electron chi connectivity index (χ2n) is 4.46. The molecule has 0 radical (unpaired) electrons. The van der Waals surface area contributed by atoms with E-state index in [9.17, 15) is 0 Å². The summed E-state index contributed by atoms with van der Waals surface area (Å²) in [5.41, 5.74) is 5.44. The Balaban J connectivity index is 2.17. The fourth-order valence-corrected chi connectivity index (χ4v) is 5.41. The van der Waals surface area contributed by atoms with E-state index in [0.717, 1.165) is 51.6 Å². The lowest BCUT2D eigenvalue weighted by Gasteiger charge is -2.31. The highest BCUT2D eigenvalue weighted by Crippen LogP contribution is 2.26. The molecule has 0 aromatic heterocycles. The van der Waals surface area contributed by atoms with Crippen LogP contribution in [0.15, 0.2) is 0 Å². The average molecular weight is 261 g/mol. The minimum absolute atomic E-state index is 0.766. The number of nitrogens with zero attached hydrogens (tertiary/aromatic N) is 1. The van der Waals surface area contributed by atoms with Crippen LogP contribution < -0.4 is 11.1 Å². The predicted octanol–water partition coefficient (Wildman–Crippen LogP) is 0.252. The van der Waals surface area contributed by atoms with Crippen molar-refractivity contribution < 1.29 is 8.85 Å². The minimum Gasteiger partial charge on any atom is -0.386 e. The molecule has 0 atom stereocenters. The second-order valence-corrected chi connectivity index (χ2v) is 7.83. The number of nitrogens with two attached hydrogens (primary N) is 1. The standard InChI is InChI=1S/C11H27N3O2Si/c1-15-17(16-2)11-5-10-14(17)9-4-8-13-7-3-6-12/h13H,3-12H2,1-2H3. The maximum atomic E-state index is 5.66. The Labute approximate surface area is 106 Å². The predicted molar refractivity (Wildman–Crippen MR) is 71.9 cm³/mol. The molecule has 0 amide bonds. The van der Waals surface area contributed by atoms with Gasteiger partial charge in [-0.1, -0.05) is 0 Å². The van der Waals surface area contributed by atoms with Crippen LogP contribution in [0.4, 0.5) is 0 Å². The molecule has 0 spiro atoms. The molecule has 17 heavy (non-hydrogen) atoms. The van der Waals surface area contributed by atoms with Crippen molar-refractivity contribution in [1.82, 2.24) is 9.88 Å². The fraction of sp³-hybridized carbons (Fsp3) is 1.00. The van der Waals surface area contributed by atoms with Crippen LogP contribution in [0.2, 0.25) is 6.04 Å². The van der Waals surface area contributed by atoms with Crippen molar-refractivity contribution in [3.05, 3.63) is 0 Å². The van der Waals surface area contributed by atoms with E-state index in [1.54, 1.807) is 14.2 Å². The Bertz CT molecular complexity index is 203. The number of hydrogen-bond acceptors (Lipinski definition) is 5. The summed E-state index contributed by atoms with van der Waals surface area (Å²) >= 11 is 0. The molecule has 1 heterocycles. The molecule has 0 aromatic carbocycles. The van der Waals surface area contributed by atoms with Crippen molar-refractivity contribution in [2.24, 2.45) is 5.73 Å². The smallest absolute Gasteiger partial charge is 0.386 e. The first-order chi connectivity index (χ1) is 8.29. The van der Waals surface area contributed by atoms with Crippen LogP contribution in [0.25, 0.3) is 0 Å². The molecular formula is C11H27N3O2Si. The van der Waals surface area contributed by atoms with E-state index < -0.39 is 8.72 Å². The Morgan fingerprint density at radius 1 is 1.24 bits per heavy atom. The van der Waals surface area contributed by atoms with Crippen LogP contribution in [0.1, 0.15) is 19.3 Å². The molecule has 0 unspecified atom stereocenters. The molecule has 0 bridgehead atoms. The van der Waals surface area contributed by atoms with Gasteiger partial charge in [0.2, 0.25) is 0 Å². The second kappa shape index (κ2) is 8.18. The summed E-state index contributed by atoms with van der Waals surface area (Å²) < 4.78 is 13.8. The number of hydrogen-bond donors (Lipinski definition) is 2. The third-order valence-electron chi connectivity index (χ3n) is 3.38. The van der Waals surface area contributed by atoms with Gasteiger partial charge in [-0.05, 0) is 52.0 Å². The summed E-state index contributed by atoms with van der Waals surface area (Å²) in [5.74, 6) is 0. The first-order valence-corrected chi connectivity index (χ1v) is 8.52. The Hall–Kier alpha value is 0.0169. The molecule has 1 fully saturated rings. The normalized spacial score (nSPS) is 19.9. The first kappa shape index (κ1) is 15.1. The molecule has 3 N–H and O–H groups in total. The average Bonchev–Trinajstić information content (AvgIpc) is 2.77. The molecular weight excluding hydrogens is 234 g/mol. The Kier molecular flexibility index (Phi) is 7.25. The highest BCUT2D eigenvalue weighted by molar-refractivity contribution is 6.65. The third kappa shape index (κ3) is 4.31. The lowest BCUT2D eigenvalue weighted by atomic mass is 10.3. The molecule has 5 nitrogen and oxygen atoms in total. The number of rotatable bonds is 9. The summed E-state index contributed by atoms with van der Waals surface area (Å²) in [7, 11) is 1.57. The molecule has 1 aliphatic rings. The maximum absolute atomic E-state index is 5.66. The third-order valence-corrected chi connectivity index (χ3v) is 7.05. The van der Waals surface area contributed by atoms with Gasteiger partial charge in [-0.3, -0.25) is 4.57 Å². The molecule has 1 saturated heterocycles. The largest absolute Gasteiger partial charge is 0.427 e. The van der Waals surface area contributed by atoms with Crippen LogP contribution in [0, 0.1) is 0 Å². The quantitative estimate of drug-likeness (QED) is 0.460. The fourth-order valence-electron chi connectivity index (χ4n) is 2.40. The van der Waals surface area contributed by atoms with Crippen LogP contribution in [-0.2, 0) is 8.85 Å². The topological polar surface area (TPSA) is 59.8 Å². The highest BCUT2D eigenvalue weighted by Gasteiger charge is 2.46. The SMILES string of the molecule is CO[Si]1(OC)CCCN1CCCNCCCN. The monoisotopic (exact) mass is 261 g/mol. The van der Waals surface area contributed by atoms with E-state index in [0.29, 0.717) is 0 Å². The first-order valence-electron chi connectivity index (χ1n) is 6.55. The van der Waals surface area contributed by atoms with Crippen LogP contribution in [-0.4, -0.2) is 60.2 Å². The van der Waals surface area contributed by atoms with E-state index in [-0.39, 0.29) is 0 Å². The van der Waals surface area contributed by atoms with Crippen molar-refractivity contribution in [3.8, 4) is 0 Å². The maximum Gasteiger partial charge on any atom is 0.427 e. The van der Waals surface area contributed by atoms with Gasteiger partial charge in [0.15, 0.2) is 0 Å². The van der Waals surface area contributed by atoms with Gasteiger partial charge < -0.3 is 19.9 Å². The molecule has 6 heteroatoms. The van der Waals surface area contributed by atoms with Gasteiger partial charge >= 0.3 is 8.72 Å². The van der Waals surface area contributed by atoms with Crippen molar-refractivity contribution in [2.75, 3.05) is 46.9 Å². The van der Waals surface area contributed by atoms with Crippen molar-refractivity contribution in [2.45, 2.75) is 25.3 Å². The lowest BCUT2D eigenvalue weighted by molar-refractivity contribution is 0.181. The highest BCUT2D eigenvalue weighted by atomic mass is 28.4. The molecule has 1 aliphatic heterocycles. The van der Waals surface area contributed by atoms with E-state index in [1.807, 2.05) is 0 Å². The van der Waals surface area contributed by atoms with E-state index >= 15 is 0 Å². The van der Waals surface area contributed by atoms with Crippen LogP contribution >= 0.6 is 0 Å². The zero-order valence-corrected chi connectivity index (χ0v) is 12.2. The van der Waals surface area contributed by atoms with Crippen molar-refractivity contribution in [3.63, 3.8) is 0 Å². The summed E-state index contributed by atoms with van der Waals surface area (Å²) in [6, 6.07) is 1.10. The van der Waals surface area contributed by atoms with Crippen molar-refractivity contribution in [1.29, 1.82) is 0 Å². The zero-order chi connectivity index (χ0) is 12.6. The number of nitrogens with one attached hydrogen (secondary N) is 1. The van der Waals surface area contributed by atoms with Gasteiger partial charge in [-0.25, -0.2) is 0 Å². The molecule has 0 aromatic rings. The van der Waals surface area contributed by atoms with E-state index in [2.05, 4.69) is 9.88 Å².